The largest absolute Gasteiger partial charge is 0.468 e. The van der Waals surface area contributed by atoms with Crippen molar-refractivity contribution in [3.05, 3.63) is 0 Å². The molecule has 1 saturated heterocycles. The van der Waals surface area contributed by atoms with E-state index in [0.717, 1.165) is 11.5 Å². The van der Waals surface area contributed by atoms with Gasteiger partial charge in [0.2, 0.25) is 0 Å². The lowest BCUT2D eigenvalue weighted by atomic mass is 10.3. The van der Waals surface area contributed by atoms with Crippen molar-refractivity contribution in [2.24, 2.45) is 0 Å². The van der Waals surface area contributed by atoms with Gasteiger partial charge in [0.05, 0.1) is 7.11 Å². The van der Waals surface area contributed by atoms with Crippen LogP contribution in [0.15, 0.2) is 0 Å². The molecule has 0 radical (unpaired) electrons. The molecule has 0 unspecified atom stereocenters. The van der Waals surface area contributed by atoms with Gasteiger partial charge in [0.25, 0.3) is 0 Å². The maximum absolute atomic E-state index is 11.0. The first kappa shape index (κ1) is 8.87. The summed E-state index contributed by atoms with van der Waals surface area (Å²) in [5.41, 5.74) is 0. The van der Waals surface area contributed by atoms with Crippen molar-refractivity contribution in [3.8, 4) is 0 Å². The molecule has 0 amide bonds. The molecular weight excluding hydrogens is 162 g/mol. The van der Waals surface area contributed by atoms with Crippen LogP contribution in [0.5, 0.6) is 0 Å². The summed E-state index contributed by atoms with van der Waals surface area (Å²) in [6, 6.07) is 0.312. The number of rotatable bonds is 1. The molecule has 0 aromatic heterocycles. The zero-order chi connectivity index (χ0) is 8.27. The molecule has 3 nitrogen and oxygen atoms in total. The van der Waals surface area contributed by atoms with E-state index in [2.05, 4.69) is 17.0 Å². The van der Waals surface area contributed by atoms with Crippen molar-refractivity contribution in [2.75, 3.05) is 18.6 Å². The van der Waals surface area contributed by atoms with Crippen molar-refractivity contribution >= 4 is 17.7 Å². The van der Waals surface area contributed by atoms with Crippen molar-refractivity contribution in [2.45, 2.75) is 19.0 Å². The monoisotopic (exact) mass is 175 g/mol. The minimum absolute atomic E-state index is 0.103. The van der Waals surface area contributed by atoms with E-state index in [4.69, 9.17) is 0 Å². The molecule has 0 bridgehead atoms. The summed E-state index contributed by atoms with van der Waals surface area (Å²) in [7, 11) is 1.42. The second kappa shape index (κ2) is 3.97. The van der Waals surface area contributed by atoms with Gasteiger partial charge in [-0.2, -0.15) is 11.8 Å². The highest BCUT2D eigenvalue weighted by atomic mass is 32.2. The number of ether oxygens (including phenoxy) is 1. The third-order valence-electron chi connectivity index (χ3n) is 1.62. The van der Waals surface area contributed by atoms with Crippen LogP contribution in [0.1, 0.15) is 6.92 Å². The lowest BCUT2D eigenvalue weighted by Crippen LogP contribution is -2.48. The average Bonchev–Trinajstić information content (AvgIpc) is 2.03. The van der Waals surface area contributed by atoms with Gasteiger partial charge in [-0.3, -0.25) is 4.79 Å². The van der Waals surface area contributed by atoms with Crippen LogP contribution in [0.25, 0.3) is 0 Å². The number of hydrogen-bond donors (Lipinski definition) is 1. The fraction of sp³-hybridized carbons (Fsp3) is 0.857. The molecule has 1 aliphatic heterocycles. The Hall–Kier alpha value is -0.220. The number of methoxy groups -OCH3 is 1. The van der Waals surface area contributed by atoms with Crippen molar-refractivity contribution in [3.63, 3.8) is 0 Å². The van der Waals surface area contributed by atoms with E-state index in [0.29, 0.717) is 6.04 Å². The third kappa shape index (κ3) is 2.38. The number of thioether (sulfide) groups is 1. The van der Waals surface area contributed by atoms with Gasteiger partial charge in [-0.1, -0.05) is 0 Å². The van der Waals surface area contributed by atoms with Gasteiger partial charge < -0.3 is 10.1 Å². The zero-order valence-electron chi connectivity index (χ0n) is 6.79. The highest BCUT2D eigenvalue weighted by Gasteiger charge is 2.24. The predicted molar refractivity (Wildman–Crippen MR) is 45.7 cm³/mol. The molecule has 0 saturated carbocycles. The van der Waals surface area contributed by atoms with Crippen LogP contribution in [0, 0.1) is 0 Å². The van der Waals surface area contributed by atoms with Gasteiger partial charge in [-0.25, -0.2) is 0 Å². The van der Waals surface area contributed by atoms with Gasteiger partial charge in [-0.05, 0) is 6.92 Å². The maximum Gasteiger partial charge on any atom is 0.323 e. The summed E-state index contributed by atoms with van der Waals surface area (Å²) in [6.45, 7) is 2.07. The zero-order valence-corrected chi connectivity index (χ0v) is 7.61. The van der Waals surface area contributed by atoms with E-state index in [1.54, 1.807) is 11.8 Å². The van der Waals surface area contributed by atoms with E-state index in [1.165, 1.54) is 7.11 Å². The molecular formula is C7H13NO2S. The Labute approximate surface area is 70.9 Å². The molecule has 0 aliphatic carbocycles. The van der Waals surface area contributed by atoms with Crippen LogP contribution in [0.3, 0.4) is 0 Å². The average molecular weight is 175 g/mol. The fourth-order valence-electron chi connectivity index (χ4n) is 1.08. The number of carbonyl (C=O) groups is 1. The van der Waals surface area contributed by atoms with E-state index in [9.17, 15) is 4.79 Å². The number of nitrogens with one attached hydrogen (secondary N) is 1. The fourth-order valence-corrected chi connectivity index (χ4v) is 2.13. The van der Waals surface area contributed by atoms with Crippen molar-refractivity contribution in [1.29, 1.82) is 0 Å². The first-order valence-corrected chi connectivity index (χ1v) is 4.81. The van der Waals surface area contributed by atoms with E-state index in [-0.39, 0.29) is 12.0 Å². The van der Waals surface area contributed by atoms with Crippen molar-refractivity contribution < 1.29 is 9.53 Å². The SMILES string of the molecule is COC(=O)[C@H]1CSC[C@H](C)N1. The molecule has 2 atom stereocenters. The van der Waals surface area contributed by atoms with Crippen LogP contribution in [-0.2, 0) is 9.53 Å². The third-order valence-corrected chi connectivity index (χ3v) is 2.93. The Morgan fingerprint density at radius 3 is 2.91 bits per heavy atom. The molecule has 64 valence electrons. The summed E-state index contributed by atoms with van der Waals surface area (Å²) in [5, 5.41) is 3.17. The molecule has 1 aliphatic rings. The second-order valence-electron chi connectivity index (χ2n) is 2.68. The Morgan fingerprint density at radius 2 is 2.36 bits per heavy atom. The van der Waals surface area contributed by atoms with Gasteiger partial charge >= 0.3 is 5.97 Å². The Kier molecular flexibility index (Phi) is 3.20. The molecule has 11 heavy (non-hydrogen) atoms. The molecule has 0 aromatic rings. The van der Waals surface area contributed by atoms with Gasteiger partial charge in [0.15, 0.2) is 0 Å². The molecule has 0 aromatic carbocycles. The Balaban J connectivity index is 2.39. The number of esters is 1. The molecule has 1 N–H and O–H groups in total. The van der Waals surface area contributed by atoms with E-state index < -0.39 is 0 Å². The lowest BCUT2D eigenvalue weighted by Gasteiger charge is -2.26. The van der Waals surface area contributed by atoms with Gasteiger partial charge in [-0.15, -0.1) is 0 Å². The normalized spacial score (nSPS) is 31.5. The minimum Gasteiger partial charge on any atom is -0.468 e. The van der Waals surface area contributed by atoms with E-state index >= 15 is 0 Å². The molecule has 4 heteroatoms. The molecule has 1 fully saturated rings. The topological polar surface area (TPSA) is 38.3 Å². The predicted octanol–water partition coefficient (Wildman–Crippen LogP) is 0.253. The van der Waals surface area contributed by atoms with Gasteiger partial charge in [0.1, 0.15) is 6.04 Å². The molecule has 1 rings (SSSR count). The molecule has 0 spiro atoms. The van der Waals surface area contributed by atoms with Gasteiger partial charge in [0, 0.05) is 17.5 Å². The highest BCUT2D eigenvalue weighted by Crippen LogP contribution is 2.12. The maximum atomic E-state index is 11.0. The quantitative estimate of drug-likeness (QED) is 0.580. The summed E-state index contributed by atoms with van der Waals surface area (Å²) in [5.74, 6) is 1.76. The summed E-state index contributed by atoms with van der Waals surface area (Å²) < 4.78 is 4.62. The van der Waals surface area contributed by atoms with Crippen LogP contribution < -0.4 is 5.32 Å². The first-order chi connectivity index (χ1) is 5.24. The second-order valence-corrected chi connectivity index (χ2v) is 3.76. The number of carbonyl (C=O) groups excluding carboxylic acids is 1. The Bertz CT molecular complexity index is 151. The highest BCUT2D eigenvalue weighted by molar-refractivity contribution is 7.99. The summed E-state index contributed by atoms with van der Waals surface area (Å²) in [6.07, 6.45) is 0. The summed E-state index contributed by atoms with van der Waals surface area (Å²) in [4.78, 5) is 11.0. The van der Waals surface area contributed by atoms with Crippen LogP contribution in [0.2, 0.25) is 0 Å². The summed E-state index contributed by atoms with van der Waals surface area (Å²) >= 11 is 1.79. The number of hydrogen-bond acceptors (Lipinski definition) is 4. The van der Waals surface area contributed by atoms with Crippen LogP contribution in [-0.4, -0.2) is 36.7 Å². The van der Waals surface area contributed by atoms with Crippen molar-refractivity contribution in [1.82, 2.24) is 5.32 Å². The van der Waals surface area contributed by atoms with Crippen LogP contribution >= 0.6 is 11.8 Å². The minimum atomic E-state index is -0.149. The molecule has 1 heterocycles. The lowest BCUT2D eigenvalue weighted by molar-refractivity contribution is -0.142. The smallest absolute Gasteiger partial charge is 0.323 e. The Morgan fingerprint density at radius 1 is 1.64 bits per heavy atom. The van der Waals surface area contributed by atoms with E-state index in [1.807, 2.05) is 0 Å². The standard InChI is InChI=1S/C7H13NO2S/c1-5-3-11-4-6(8-5)7(9)10-2/h5-6,8H,3-4H2,1-2H3/t5-,6+/m0/s1. The first-order valence-electron chi connectivity index (χ1n) is 3.65. The van der Waals surface area contributed by atoms with Crippen LogP contribution in [0.4, 0.5) is 0 Å².